The molecule has 1 aliphatic carbocycles. The lowest BCUT2D eigenvalue weighted by Crippen LogP contribution is -2.60. The van der Waals surface area contributed by atoms with Gasteiger partial charge in [-0.2, -0.15) is 0 Å². The molecule has 3 nitrogen and oxygen atoms in total. The number of carboxylic acids is 1. The van der Waals surface area contributed by atoms with Gasteiger partial charge in [-0.1, -0.05) is 26.2 Å². The van der Waals surface area contributed by atoms with E-state index in [0.717, 1.165) is 32.1 Å². The smallest absolute Gasteiger partial charge is 0.323 e. The molecule has 88 valence electrons. The Labute approximate surface area is 92.3 Å². The predicted molar refractivity (Wildman–Crippen MR) is 61.0 cm³/mol. The van der Waals surface area contributed by atoms with E-state index in [1.165, 1.54) is 6.42 Å². The SMILES string of the molecule is CCC(C)(C)NC1(C(=O)O)CCCCC1. The van der Waals surface area contributed by atoms with Crippen LogP contribution in [0.5, 0.6) is 0 Å². The zero-order chi connectivity index (χ0) is 11.5. The summed E-state index contributed by atoms with van der Waals surface area (Å²) in [4.78, 5) is 11.4. The fraction of sp³-hybridized carbons (Fsp3) is 0.917. The van der Waals surface area contributed by atoms with E-state index < -0.39 is 11.5 Å². The van der Waals surface area contributed by atoms with Gasteiger partial charge in [0.15, 0.2) is 0 Å². The van der Waals surface area contributed by atoms with Crippen molar-refractivity contribution in [2.75, 3.05) is 0 Å². The van der Waals surface area contributed by atoms with Crippen LogP contribution >= 0.6 is 0 Å². The Balaban J connectivity index is 2.77. The quantitative estimate of drug-likeness (QED) is 0.754. The Hall–Kier alpha value is -0.570. The van der Waals surface area contributed by atoms with Gasteiger partial charge in [0, 0.05) is 5.54 Å². The van der Waals surface area contributed by atoms with Crippen LogP contribution in [0, 0.1) is 0 Å². The highest BCUT2D eigenvalue weighted by Gasteiger charge is 2.42. The largest absolute Gasteiger partial charge is 0.480 e. The number of nitrogens with one attached hydrogen (secondary N) is 1. The molecule has 0 aliphatic heterocycles. The minimum atomic E-state index is -0.677. The molecule has 0 radical (unpaired) electrons. The number of carbonyl (C=O) groups is 1. The number of hydrogen-bond donors (Lipinski definition) is 2. The molecule has 0 saturated heterocycles. The fourth-order valence-corrected chi connectivity index (χ4v) is 2.28. The third-order valence-corrected chi connectivity index (χ3v) is 3.58. The molecule has 2 N–H and O–H groups in total. The average molecular weight is 213 g/mol. The lowest BCUT2D eigenvalue weighted by atomic mass is 9.79. The molecule has 0 unspecified atom stereocenters. The molecule has 1 saturated carbocycles. The van der Waals surface area contributed by atoms with Gasteiger partial charge in [0.1, 0.15) is 5.54 Å². The van der Waals surface area contributed by atoms with Gasteiger partial charge in [0.25, 0.3) is 0 Å². The third kappa shape index (κ3) is 2.94. The number of hydrogen-bond acceptors (Lipinski definition) is 2. The molecule has 3 heteroatoms. The first kappa shape index (κ1) is 12.5. The summed E-state index contributed by atoms with van der Waals surface area (Å²) >= 11 is 0. The van der Waals surface area contributed by atoms with Gasteiger partial charge in [-0.15, -0.1) is 0 Å². The summed E-state index contributed by atoms with van der Waals surface area (Å²) in [5, 5.41) is 12.7. The van der Waals surface area contributed by atoms with E-state index in [-0.39, 0.29) is 5.54 Å². The lowest BCUT2D eigenvalue weighted by molar-refractivity contribution is -0.147. The lowest BCUT2D eigenvalue weighted by Gasteiger charge is -2.41. The fourth-order valence-electron chi connectivity index (χ4n) is 2.28. The van der Waals surface area contributed by atoms with Crippen LogP contribution in [0.1, 0.15) is 59.3 Å². The average Bonchev–Trinajstić information content (AvgIpc) is 2.18. The molecular formula is C12H23NO2. The molecule has 0 amide bonds. The standard InChI is InChI=1S/C12H23NO2/c1-4-11(2,3)13-12(10(14)15)8-6-5-7-9-12/h13H,4-9H2,1-3H3,(H,14,15). The van der Waals surface area contributed by atoms with E-state index >= 15 is 0 Å². The first-order valence-corrected chi connectivity index (χ1v) is 5.95. The Kier molecular flexibility index (Phi) is 3.77. The highest BCUT2D eigenvalue weighted by Crippen LogP contribution is 2.31. The van der Waals surface area contributed by atoms with Crippen molar-refractivity contribution in [2.24, 2.45) is 0 Å². The van der Waals surface area contributed by atoms with Crippen molar-refractivity contribution in [3.05, 3.63) is 0 Å². The van der Waals surface area contributed by atoms with Gasteiger partial charge >= 0.3 is 5.97 Å². The second-order valence-electron chi connectivity index (χ2n) is 5.31. The molecule has 0 aromatic rings. The normalized spacial score (nSPS) is 21.3. The van der Waals surface area contributed by atoms with Gasteiger partial charge in [-0.25, -0.2) is 0 Å². The summed E-state index contributed by atoms with van der Waals surface area (Å²) in [6, 6.07) is 0. The molecule has 0 bridgehead atoms. The number of carboxylic acid groups (broad SMARTS) is 1. The molecule has 1 fully saturated rings. The summed E-state index contributed by atoms with van der Waals surface area (Å²) in [7, 11) is 0. The maximum Gasteiger partial charge on any atom is 0.323 e. The topological polar surface area (TPSA) is 49.3 Å². The first-order chi connectivity index (χ1) is 6.92. The molecule has 1 aliphatic rings. The van der Waals surface area contributed by atoms with E-state index in [1.54, 1.807) is 0 Å². The van der Waals surface area contributed by atoms with Gasteiger partial charge in [0.05, 0.1) is 0 Å². The summed E-state index contributed by atoms with van der Waals surface area (Å²) in [6.45, 7) is 6.24. The number of aliphatic carboxylic acids is 1. The predicted octanol–water partition coefficient (Wildman–Crippen LogP) is 2.55. The van der Waals surface area contributed by atoms with Crippen molar-refractivity contribution < 1.29 is 9.90 Å². The van der Waals surface area contributed by atoms with Crippen molar-refractivity contribution in [1.29, 1.82) is 0 Å². The second kappa shape index (κ2) is 4.52. The van der Waals surface area contributed by atoms with Gasteiger partial charge < -0.3 is 5.11 Å². The van der Waals surface area contributed by atoms with Crippen molar-refractivity contribution in [3.63, 3.8) is 0 Å². The maximum absolute atomic E-state index is 11.4. The van der Waals surface area contributed by atoms with E-state index in [4.69, 9.17) is 0 Å². The van der Waals surface area contributed by atoms with E-state index in [0.29, 0.717) is 0 Å². The highest BCUT2D eigenvalue weighted by molar-refractivity contribution is 5.79. The first-order valence-electron chi connectivity index (χ1n) is 5.95. The zero-order valence-electron chi connectivity index (χ0n) is 10.1. The van der Waals surface area contributed by atoms with Crippen molar-refractivity contribution in [3.8, 4) is 0 Å². The molecule has 0 heterocycles. The number of rotatable bonds is 4. The van der Waals surface area contributed by atoms with Crippen LogP contribution in [0.25, 0.3) is 0 Å². The van der Waals surface area contributed by atoms with E-state index in [1.807, 2.05) is 0 Å². The molecule has 1 rings (SSSR count). The summed E-state index contributed by atoms with van der Waals surface area (Å²) in [6.07, 6.45) is 5.71. The van der Waals surface area contributed by atoms with Crippen LogP contribution < -0.4 is 5.32 Å². The van der Waals surface area contributed by atoms with Crippen LogP contribution in [0.15, 0.2) is 0 Å². The Morgan fingerprint density at radius 3 is 2.27 bits per heavy atom. The Bertz CT molecular complexity index is 230. The molecule has 0 atom stereocenters. The molecular weight excluding hydrogens is 190 g/mol. The molecule has 15 heavy (non-hydrogen) atoms. The van der Waals surface area contributed by atoms with Crippen molar-refractivity contribution in [1.82, 2.24) is 5.32 Å². The molecule has 0 spiro atoms. The monoisotopic (exact) mass is 213 g/mol. The summed E-state index contributed by atoms with van der Waals surface area (Å²) < 4.78 is 0. The van der Waals surface area contributed by atoms with Crippen LogP contribution in [0.2, 0.25) is 0 Å². The van der Waals surface area contributed by atoms with Crippen LogP contribution in [-0.4, -0.2) is 22.2 Å². The summed E-state index contributed by atoms with van der Waals surface area (Å²) in [5.74, 6) is -0.677. The maximum atomic E-state index is 11.4. The minimum Gasteiger partial charge on any atom is -0.480 e. The van der Waals surface area contributed by atoms with Crippen LogP contribution in [0.4, 0.5) is 0 Å². The van der Waals surface area contributed by atoms with Gasteiger partial charge in [-0.3, -0.25) is 10.1 Å². The Morgan fingerprint density at radius 2 is 1.87 bits per heavy atom. The highest BCUT2D eigenvalue weighted by atomic mass is 16.4. The molecule has 0 aromatic carbocycles. The summed E-state index contributed by atoms with van der Waals surface area (Å²) in [5.41, 5.74) is -0.756. The van der Waals surface area contributed by atoms with Gasteiger partial charge in [-0.05, 0) is 33.1 Å². The van der Waals surface area contributed by atoms with Crippen molar-refractivity contribution in [2.45, 2.75) is 70.4 Å². The zero-order valence-corrected chi connectivity index (χ0v) is 10.1. The van der Waals surface area contributed by atoms with Crippen LogP contribution in [-0.2, 0) is 4.79 Å². The van der Waals surface area contributed by atoms with Gasteiger partial charge in [0.2, 0.25) is 0 Å². The second-order valence-corrected chi connectivity index (χ2v) is 5.31. The molecule has 0 aromatic heterocycles. The van der Waals surface area contributed by atoms with Crippen LogP contribution in [0.3, 0.4) is 0 Å². The third-order valence-electron chi connectivity index (χ3n) is 3.58. The van der Waals surface area contributed by atoms with Crippen molar-refractivity contribution >= 4 is 5.97 Å². The van der Waals surface area contributed by atoms with E-state index in [9.17, 15) is 9.90 Å². The Morgan fingerprint density at radius 1 is 1.33 bits per heavy atom. The minimum absolute atomic E-state index is 0.0876. The van der Waals surface area contributed by atoms with E-state index in [2.05, 4.69) is 26.1 Å².